The Labute approximate surface area is 189 Å². The maximum Gasteiger partial charge on any atom is 0.416 e. The summed E-state index contributed by atoms with van der Waals surface area (Å²) >= 11 is 6.24. The van der Waals surface area contributed by atoms with Crippen molar-refractivity contribution < 1.29 is 27.5 Å². The van der Waals surface area contributed by atoms with E-state index in [1.165, 1.54) is 24.3 Å². The van der Waals surface area contributed by atoms with E-state index in [-0.39, 0.29) is 48.1 Å². The predicted octanol–water partition coefficient (Wildman–Crippen LogP) is 5.19. The van der Waals surface area contributed by atoms with Gasteiger partial charge in [0.1, 0.15) is 0 Å². The number of halogens is 4. The molecule has 0 atom stereocenters. The third-order valence-electron chi connectivity index (χ3n) is 5.53. The summed E-state index contributed by atoms with van der Waals surface area (Å²) in [7, 11) is 0. The van der Waals surface area contributed by atoms with Gasteiger partial charge in [-0.15, -0.1) is 0 Å². The Morgan fingerprint density at radius 2 is 1.84 bits per heavy atom. The van der Waals surface area contributed by atoms with Crippen molar-refractivity contribution in [1.29, 1.82) is 0 Å². The molecule has 1 fully saturated rings. The molecule has 1 heterocycles. The second-order valence-corrected chi connectivity index (χ2v) is 8.08. The highest BCUT2D eigenvalue weighted by atomic mass is 35.5. The van der Waals surface area contributed by atoms with Crippen LogP contribution in [0.3, 0.4) is 0 Å². The molecule has 1 aliphatic heterocycles. The number of alkyl halides is 3. The van der Waals surface area contributed by atoms with Crippen LogP contribution in [0.15, 0.2) is 42.5 Å². The minimum atomic E-state index is -4.51. The predicted molar refractivity (Wildman–Crippen MR) is 116 cm³/mol. The smallest absolute Gasteiger partial charge is 0.381 e. The molecule has 0 radical (unpaired) electrons. The van der Waals surface area contributed by atoms with E-state index in [1.54, 1.807) is 6.07 Å². The molecule has 1 saturated heterocycles. The molecular formula is C23H24ClF3N2O3. The maximum absolute atomic E-state index is 13.4. The van der Waals surface area contributed by atoms with Crippen LogP contribution < -0.4 is 10.6 Å². The van der Waals surface area contributed by atoms with Crippen LogP contribution in [0.5, 0.6) is 0 Å². The van der Waals surface area contributed by atoms with Crippen LogP contribution in [-0.2, 0) is 21.1 Å². The van der Waals surface area contributed by atoms with Crippen molar-refractivity contribution >= 4 is 29.1 Å². The van der Waals surface area contributed by atoms with Crippen LogP contribution in [0, 0.1) is 0 Å². The Hall–Kier alpha value is -2.58. The van der Waals surface area contributed by atoms with Crippen LogP contribution in [0.2, 0.25) is 5.02 Å². The average Bonchev–Trinajstić information content (AvgIpc) is 2.77. The molecule has 172 valence electrons. The fourth-order valence-electron chi connectivity index (χ4n) is 3.72. The number of hydrogen-bond donors (Lipinski definition) is 2. The van der Waals surface area contributed by atoms with Crippen LogP contribution in [0.1, 0.15) is 47.7 Å². The van der Waals surface area contributed by atoms with Crippen LogP contribution >= 0.6 is 11.6 Å². The van der Waals surface area contributed by atoms with Crippen molar-refractivity contribution in [1.82, 2.24) is 5.32 Å². The van der Waals surface area contributed by atoms with Crippen molar-refractivity contribution in [3.8, 4) is 0 Å². The molecule has 0 aliphatic carbocycles. The Bertz CT molecular complexity index is 989. The van der Waals surface area contributed by atoms with Crippen LogP contribution in [-0.4, -0.2) is 31.6 Å². The zero-order valence-corrected chi connectivity index (χ0v) is 18.3. The lowest BCUT2D eigenvalue weighted by Gasteiger charge is -2.36. The summed E-state index contributed by atoms with van der Waals surface area (Å²) < 4.78 is 45.2. The second kappa shape index (κ2) is 9.92. The monoisotopic (exact) mass is 468 g/mol. The molecule has 1 aliphatic rings. The Balaban J connectivity index is 1.88. The van der Waals surface area contributed by atoms with E-state index in [2.05, 4.69) is 10.6 Å². The third kappa shape index (κ3) is 5.24. The molecule has 9 heteroatoms. The number of nitrogens with one attached hydrogen (secondary N) is 2. The topological polar surface area (TPSA) is 67.4 Å². The Morgan fingerprint density at radius 1 is 1.12 bits per heavy atom. The second-order valence-electron chi connectivity index (χ2n) is 7.68. The molecular weight excluding hydrogens is 445 g/mol. The molecule has 0 bridgehead atoms. The van der Waals surface area contributed by atoms with Gasteiger partial charge in [0.15, 0.2) is 0 Å². The summed E-state index contributed by atoms with van der Waals surface area (Å²) in [5, 5.41) is 5.66. The van der Waals surface area contributed by atoms with Gasteiger partial charge in [0.2, 0.25) is 5.91 Å². The fraction of sp³-hybridized carbons (Fsp3) is 0.391. The zero-order valence-electron chi connectivity index (χ0n) is 17.5. The van der Waals surface area contributed by atoms with Crippen molar-refractivity contribution in [3.63, 3.8) is 0 Å². The molecule has 2 aromatic rings. The summed E-state index contributed by atoms with van der Waals surface area (Å²) in [5.74, 6) is -0.765. The number of ether oxygens (including phenoxy) is 1. The van der Waals surface area contributed by atoms with Crippen molar-refractivity contribution in [2.75, 3.05) is 25.1 Å². The molecule has 3 rings (SSSR count). The first-order chi connectivity index (χ1) is 15.2. The first kappa shape index (κ1) is 24.1. The van der Waals surface area contributed by atoms with Gasteiger partial charge in [-0.1, -0.05) is 36.7 Å². The number of carbonyl (C=O) groups excluding carboxylic acids is 2. The highest BCUT2D eigenvalue weighted by Crippen LogP contribution is 2.39. The Kier molecular flexibility index (Phi) is 7.46. The lowest BCUT2D eigenvalue weighted by atomic mass is 9.73. The van der Waals surface area contributed by atoms with Gasteiger partial charge in [0, 0.05) is 25.4 Å². The summed E-state index contributed by atoms with van der Waals surface area (Å²) in [4.78, 5) is 25.5. The van der Waals surface area contributed by atoms with E-state index >= 15 is 0 Å². The molecule has 0 saturated carbocycles. The highest BCUT2D eigenvalue weighted by Gasteiger charge is 2.43. The minimum Gasteiger partial charge on any atom is -0.381 e. The van der Waals surface area contributed by atoms with Gasteiger partial charge >= 0.3 is 6.18 Å². The van der Waals surface area contributed by atoms with Gasteiger partial charge in [0.25, 0.3) is 5.91 Å². The molecule has 2 amide bonds. The molecule has 0 unspecified atom stereocenters. The summed E-state index contributed by atoms with van der Waals surface area (Å²) in [6.45, 7) is 2.94. The van der Waals surface area contributed by atoms with Crippen molar-refractivity contribution in [2.45, 2.75) is 37.8 Å². The molecule has 32 heavy (non-hydrogen) atoms. The largest absolute Gasteiger partial charge is 0.416 e. The lowest BCUT2D eigenvalue weighted by molar-refractivity contribution is -0.138. The Morgan fingerprint density at radius 3 is 2.47 bits per heavy atom. The molecule has 2 N–H and O–H groups in total. The van der Waals surface area contributed by atoms with E-state index in [9.17, 15) is 22.8 Å². The number of hydrogen-bond acceptors (Lipinski definition) is 3. The maximum atomic E-state index is 13.4. The summed E-state index contributed by atoms with van der Waals surface area (Å²) in [6, 6.07) is 9.36. The lowest BCUT2D eigenvalue weighted by Crippen LogP contribution is -2.45. The summed E-state index contributed by atoms with van der Waals surface area (Å²) in [6.07, 6.45) is -3.25. The standard InChI is InChI=1S/C23H24ClF3N2O3/c1-2-10-28-20(30)18-7-6-17(14-19(18)24)29-21(31)22(8-11-32-12-9-22)15-4-3-5-16(13-15)23(25,26)27/h3-7,13-14H,2,8-12H2,1H3,(H,28,30)(H,29,31). The highest BCUT2D eigenvalue weighted by molar-refractivity contribution is 6.34. The SMILES string of the molecule is CCCNC(=O)c1ccc(NC(=O)C2(c3cccc(C(F)(F)F)c3)CCOCC2)cc1Cl. The average molecular weight is 469 g/mol. The first-order valence-electron chi connectivity index (χ1n) is 10.3. The van der Waals surface area contributed by atoms with E-state index in [1.807, 2.05) is 6.92 Å². The van der Waals surface area contributed by atoms with E-state index in [0.717, 1.165) is 18.6 Å². The van der Waals surface area contributed by atoms with Gasteiger partial charge in [-0.05, 0) is 49.1 Å². The van der Waals surface area contributed by atoms with E-state index < -0.39 is 23.1 Å². The number of amides is 2. The van der Waals surface area contributed by atoms with Crippen LogP contribution in [0.25, 0.3) is 0 Å². The molecule has 0 aromatic heterocycles. The number of anilines is 1. The quantitative estimate of drug-likeness (QED) is 0.613. The van der Waals surface area contributed by atoms with E-state index in [4.69, 9.17) is 16.3 Å². The van der Waals surface area contributed by atoms with Gasteiger partial charge < -0.3 is 15.4 Å². The van der Waals surface area contributed by atoms with Gasteiger partial charge in [-0.2, -0.15) is 13.2 Å². The molecule has 0 spiro atoms. The van der Waals surface area contributed by atoms with E-state index in [0.29, 0.717) is 12.2 Å². The normalized spacial score (nSPS) is 15.8. The zero-order chi connectivity index (χ0) is 23.4. The van der Waals surface area contributed by atoms with Gasteiger partial charge in [-0.3, -0.25) is 9.59 Å². The molecule has 5 nitrogen and oxygen atoms in total. The first-order valence-corrected chi connectivity index (χ1v) is 10.7. The fourth-order valence-corrected chi connectivity index (χ4v) is 3.99. The molecule has 2 aromatic carbocycles. The van der Waals surface area contributed by atoms with Gasteiger partial charge in [0.05, 0.1) is 21.6 Å². The third-order valence-corrected chi connectivity index (χ3v) is 5.84. The number of benzene rings is 2. The summed E-state index contributed by atoms with van der Waals surface area (Å²) in [5.41, 5.74) is -1.07. The van der Waals surface area contributed by atoms with Gasteiger partial charge in [-0.25, -0.2) is 0 Å². The number of rotatable bonds is 6. The van der Waals surface area contributed by atoms with Crippen molar-refractivity contribution in [2.24, 2.45) is 0 Å². The minimum absolute atomic E-state index is 0.163. The van der Waals surface area contributed by atoms with Crippen molar-refractivity contribution in [3.05, 3.63) is 64.2 Å². The number of carbonyl (C=O) groups is 2. The van der Waals surface area contributed by atoms with Crippen LogP contribution in [0.4, 0.5) is 18.9 Å².